The van der Waals surface area contributed by atoms with Crippen LogP contribution >= 0.6 is 0 Å². The molecule has 7 nitrogen and oxygen atoms in total. The molecule has 0 saturated carbocycles. The van der Waals surface area contributed by atoms with E-state index in [1.54, 1.807) is 18.1 Å². The first-order valence-electron chi connectivity index (χ1n) is 8.51. The number of carbonyl (C=O) groups excluding carboxylic acids is 1. The summed E-state index contributed by atoms with van der Waals surface area (Å²) in [5, 5.41) is 18.6. The van der Waals surface area contributed by atoms with Crippen molar-refractivity contribution in [1.82, 2.24) is 9.80 Å². The highest BCUT2D eigenvalue weighted by molar-refractivity contribution is 5.85. The Kier molecular flexibility index (Phi) is 5.15. The molecular formula is C18H23FN2O5. The predicted octanol–water partition coefficient (Wildman–Crippen LogP) is 0.166. The van der Waals surface area contributed by atoms with Crippen LogP contribution in [0.25, 0.3) is 0 Å². The predicted molar refractivity (Wildman–Crippen MR) is 90.7 cm³/mol. The van der Waals surface area contributed by atoms with Gasteiger partial charge in [0.25, 0.3) is 0 Å². The van der Waals surface area contributed by atoms with Crippen molar-refractivity contribution in [1.29, 1.82) is 0 Å². The molecule has 2 saturated heterocycles. The van der Waals surface area contributed by atoms with Crippen molar-refractivity contribution in [3.63, 3.8) is 0 Å². The van der Waals surface area contributed by atoms with Crippen LogP contribution < -0.4 is 4.74 Å². The van der Waals surface area contributed by atoms with Gasteiger partial charge in [-0.3, -0.25) is 14.5 Å². The molecule has 2 atom stereocenters. The summed E-state index contributed by atoms with van der Waals surface area (Å²) in [5.41, 5.74) is 0.0789. The highest BCUT2D eigenvalue weighted by atomic mass is 19.1. The van der Waals surface area contributed by atoms with Crippen molar-refractivity contribution >= 4 is 11.9 Å². The normalized spacial score (nSPS) is 25.0. The maximum Gasteiger partial charge on any atom is 0.317 e. The van der Waals surface area contributed by atoms with Gasteiger partial charge in [-0.05, 0) is 24.1 Å². The van der Waals surface area contributed by atoms with Crippen molar-refractivity contribution in [2.45, 2.75) is 18.7 Å². The fourth-order valence-electron chi connectivity index (χ4n) is 3.86. The third-order valence-corrected chi connectivity index (χ3v) is 5.05. The number of carbonyl (C=O) groups is 2. The molecule has 0 aliphatic carbocycles. The molecule has 2 aliphatic rings. The molecule has 3 rings (SSSR count). The van der Waals surface area contributed by atoms with E-state index >= 15 is 0 Å². The minimum Gasteiger partial charge on any atom is -0.497 e. The molecule has 142 valence electrons. The lowest BCUT2D eigenvalue weighted by molar-refractivity contribution is -0.157. The molecule has 1 amide bonds. The summed E-state index contributed by atoms with van der Waals surface area (Å²) < 4.78 is 18.9. The van der Waals surface area contributed by atoms with Crippen molar-refractivity contribution in [3.8, 4) is 5.75 Å². The maximum atomic E-state index is 13.7. The zero-order chi connectivity index (χ0) is 18.9. The Bertz CT molecular complexity index is 682. The van der Waals surface area contributed by atoms with Gasteiger partial charge in [-0.2, -0.15) is 0 Å². The number of amides is 1. The number of hydrogen-bond acceptors (Lipinski definition) is 5. The number of β-amino-alcohol motifs (C(OH)–C–C–N with tert-alkyl or cyclic N) is 1. The lowest BCUT2D eigenvalue weighted by Gasteiger charge is -2.49. The number of aliphatic carboxylic acids is 1. The molecule has 2 aliphatic heterocycles. The van der Waals surface area contributed by atoms with Crippen LogP contribution in [0.2, 0.25) is 0 Å². The Hall–Kier alpha value is -2.19. The first-order chi connectivity index (χ1) is 12.3. The van der Waals surface area contributed by atoms with Crippen LogP contribution in [-0.2, 0) is 16.0 Å². The zero-order valence-electron chi connectivity index (χ0n) is 14.6. The number of nitrogens with zero attached hydrogens (tertiary/aromatic N) is 2. The van der Waals surface area contributed by atoms with Gasteiger partial charge < -0.3 is 19.8 Å². The standard InChI is InChI=1S/C18H23FN2O5/c1-26-13-4-2-3-12(5-13)6-18(10-20(11-18)9-16(23)24)17(25)21-7-14(19)15(22)8-21/h2-5,14-15,22H,6-11H2,1H3,(H,23,24)/t14-,15-/m1/s1. The third kappa shape index (κ3) is 3.66. The summed E-state index contributed by atoms with van der Waals surface area (Å²) in [6.07, 6.45) is -2.20. The van der Waals surface area contributed by atoms with E-state index in [1.165, 1.54) is 4.90 Å². The average molecular weight is 366 g/mol. The van der Waals surface area contributed by atoms with Crippen molar-refractivity contribution in [3.05, 3.63) is 29.8 Å². The van der Waals surface area contributed by atoms with Gasteiger partial charge >= 0.3 is 5.97 Å². The van der Waals surface area contributed by atoms with Gasteiger partial charge in [-0.1, -0.05) is 12.1 Å². The number of ether oxygens (including phenoxy) is 1. The number of benzene rings is 1. The number of likely N-dealkylation sites (tertiary alicyclic amines) is 2. The zero-order valence-corrected chi connectivity index (χ0v) is 14.6. The topological polar surface area (TPSA) is 90.3 Å². The number of carboxylic acid groups (broad SMARTS) is 1. The number of hydrogen-bond donors (Lipinski definition) is 2. The summed E-state index contributed by atoms with van der Waals surface area (Å²) in [6, 6.07) is 7.36. The van der Waals surface area contributed by atoms with Gasteiger partial charge in [-0.25, -0.2) is 4.39 Å². The number of methoxy groups -OCH3 is 1. The Balaban J connectivity index is 1.79. The van der Waals surface area contributed by atoms with Crippen molar-refractivity contribution < 1.29 is 28.9 Å². The van der Waals surface area contributed by atoms with E-state index in [4.69, 9.17) is 9.84 Å². The molecule has 26 heavy (non-hydrogen) atoms. The number of halogens is 1. The SMILES string of the molecule is COc1cccc(CC2(C(=O)N3C[C@@H](O)[C@H](F)C3)CN(CC(=O)O)C2)c1. The summed E-state index contributed by atoms with van der Waals surface area (Å²) >= 11 is 0. The maximum absolute atomic E-state index is 13.7. The molecule has 0 bridgehead atoms. The Morgan fingerprint density at radius 1 is 1.35 bits per heavy atom. The van der Waals surface area contributed by atoms with Gasteiger partial charge in [0, 0.05) is 19.6 Å². The molecule has 8 heteroatoms. The highest BCUT2D eigenvalue weighted by Crippen LogP contribution is 2.37. The fraction of sp³-hybridized carbons (Fsp3) is 0.556. The average Bonchev–Trinajstić information content (AvgIpc) is 2.90. The third-order valence-electron chi connectivity index (χ3n) is 5.05. The van der Waals surface area contributed by atoms with E-state index in [2.05, 4.69) is 0 Å². The van der Waals surface area contributed by atoms with Gasteiger partial charge in [0.15, 0.2) is 0 Å². The number of aliphatic hydroxyl groups excluding tert-OH is 1. The van der Waals surface area contributed by atoms with E-state index in [0.29, 0.717) is 25.3 Å². The monoisotopic (exact) mass is 366 g/mol. The Morgan fingerprint density at radius 3 is 2.65 bits per heavy atom. The molecule has 2 fully saturated rings. The quantitative estimate of drug-likeness (QED) is 0.746. The van der Waals surface area contributed by atoms with Crippen LogP contribution in [-0.4, -0.2) is 84.0 Å². The van der Waals surface area contributed by atoms with E-state index in [1.807, 2.05) is 18.2 Å². The summed E-state index contributed by atoms with van der Waals surface area (Å²) in [5.74, 6) is -0.513. The minimum atomic E-state index is -1.44. The first-order valence-corrected chi connectivity index (χ1v) is 8.51. The molecule has 2 heterocycles. The molecule has 0 radical (unpaired) electrons. The molecule has 0 spiro atoms. The first kappa shape index (κ1) is 18.6. The van der Waals surface area contributed by atoms with E-state index in [9.17, 15) is 19.1 Å². The molecule has 1 aromatic rings. The Morgan fingerprint density at radius 2 is 2.08 bits per heavy atom. The lowest BCUT2D eigenvalue weighted by Crippen LogP contribution is -2.65. The smallest absolute Gasteiger partial charge is 0.317 e. The second-order valence-electron chi connectivity index (χ2n) is 7.14. The molecule has 2 N–H and O–H groups in total. The molecular weight excluding hydrogens is 343 g/mol. The van der Waals surface area contributed by atoms with Crippen molar-refractivity contribution in [2.75, 3.05) is 39.8 Å². The summed E-state index contributed by atoms with van der Waals surface area (Å²) in [7, 11) is 1.56. The second kappa shape index (κ2) is 7.20. The summed E-state index contributed by atoms with van der Waals surface area (Å²) in [6.45, 7) is 0.289. The second-order valence-corrected chi connectivity index (χ2v) is 7.14. The lowest BCUT2D eigenvalue weighted by atomic mass is 9.73. The van der Waals surface area contributed by atoms with Gasteiger partial charge in [0.05, 0.1) is 25.6 Å². The largest absolute Gasteiger partial charge is 0.497 e. The molecule has 0 unspecified atom stereocenters. The fourth-order valence-corrected chi connectivity index (χ4v) is 3.86. The Labute approximate surface area is 151 Å². The van der Waals surface area contributed by atoms with Gasteiger partial charge in [0.1, 0.15) is 18.0 Å². The van der Waals surface area contributed by atoms with E-state index in [-0.39, 0.29) is 25.5 Å². The van der Waals surface area contributed by atoms with Crippen LogP contribution in [0, 0.1) is 5.41 Å². The highest BCUT2D eigenvalue weighted by Gasteiger charge is 2.52. The van der Waals surface area contributed by atoms with Crippen LogP contribution in [0.15, 0.2) is 24.3 Å². The number of aliphatic hydroxyl groups is 1. The van der Waals surface area contributed by atoms with Crippen LogP contribution in [0.4, 0.5) is 4.39 Å². The van der Waals surface area contributed by atoms with E-state index in [0.717, 1.165) is 5.56 Å². The molecule has 0 aromatic heterocycles. The van der Waals surface area contributed by atoms with Gasteiger partial charge in [0.2, 0.25) is 5.91 Å². The van der Waals surface area contributed by atoms with Crippen LogP contribution in [0.3, 0.4) is 0 Å². The summed E-state index contributed by atoms with van der Waals surface area (Å²) in [4.78, 5) is 27.0. The van der Waals surface area contributed by atoms with Crippen LogP contribution in [0.5, 0.6) is 5.75 Å². The number of rotatable bonds is 6. The van der Waals surface area contributed by atoms with Crippen molar-refractivity contribution in [2.24, 2.45) is 5.41 Å². The van der Waals surface area contributed by atoms with Gasteiger partial charge in [-0.15, -0.1) is 0 Å². The number of carboxylic acids is 1. The minimum absolute atomic E-state index is 0.0290. The van der Waals surface area contributed by atoms with Crippen LogP contribution in [0.1, 0.15) is 5.56 Å². The van der Waals surface area contributed by atoms with E-state index < -0.39 is 23.7 Å². The molecule has 1 aromatic carbocycles. The number of alkyl halides is 1.